The summed E-state index contributed by atoms with van der Waals surface area (Å²) < 4.78 is 0. The van der Waals surface area contributed by atoms with Gasteiger partial charge in [0.05, 0.1) is 9.88 Å². The third-order valence-corrected chi connectivity index (χ3v) is 5.23. The number of hydrogen-bond acceptors (Lipinski definition) is 4. The quantitative estimate of drug-likeness (QED) is 0.890. The zero-order chi connectivity index (χ0) is 17.2. The van der Waals surface area contributed by atoms with Crippen LogP contribution in [0.3, 0.4) is 0 Å². The Morgan fingerprint density at radius 2 is 2.13 bits per heavy atom. The van der Waals surface area contributed by atoms with Crippen LogP contribution < -0.4 is 5.32 Å². The van der Waals surface area contributed by atoms with Gasteiger partial charge in [-0.2, -0.15) is 0 Å². The number of likely N-dealkylation sites (tertiary alicyclic amines) is 1. The van der Waals surface area contributed by atoms with Crippen LogP contribution in [0.2, 0.25) is 0 Å². The minimum absolute atomic E-state index is 0.00177. The fourth-order valence-electron chi connectivity index (χ4n) is 2.60. The summed E-state index contributed by atoms with van der Waals surface area (Å²) in [6, 6.07) is 1.86. The first kappa shape index (κ1) is 17.9. The molecular weight excluding hydrogens is 312 g/mol. The molecule has 2 heterocycles. The smallest absolute Gasteiger partial charge is 0.264 e. The molecule has 1 aromatic rings. The van der Waals surface area contributed by atoms with Gasteiger partial charge in [-0.15, -0.1) is 11.3 Å². The van der Waals surface area contributed by atoms with Gasteiger partial charge in [-0.05, 0) is 37.3 Å². The van der Waals surface area contributed by atoms with E-state index in [1.165, 1.54) is 11.3 Å². The maximum Gasteiger partial charge on any atom is 0.264 e. The van der Waals surface area contributed by atoms with E-state index in [0.29, 0.717) is 16.4 Å². The van der Waals surface area contributed by atoms with E-state index in [1.54, 1.807) is 0 Å². The molecule has 1 saturated heterocycles. The molecule has 0 radical (unpaired) electrons. The molecule has 1 unspecified atom stereocenters. The van der Waals surface area contributed by atoms with Gasteiger partial charge < -0.3 is 15.3 Å². The Kier molecular flexibility index (Phi) is 5.47. The number of nitrogens with zero attached hydrogens (tertiary/aromatic N) is 1. The molecule has 128 valence electrons. The van der Waals surface area contributed by atoms with Gasteiger partial charge in [0.15, 0.2) is 0 Å². The molecule has 6 heteroatoms. The normalized spacial score (nSPS) is 18.8. The first-order valence-corrected chi connectivity index (χ1v) is 8.86. The van der Waals surface area contributed by atoms with Crippen molar-refractivity contribution >= 4 is 28.2 Å². The predicted octanol–water partition coefficient (Wildman–Crippen LogP) is 2.89. The molecular formula is C17H26N2O3S. The first-order valence-electron chi connectivity index (χ1n) is 8.04. The van der Waals surface area contributed by atoms with Crippen LogP contribution in [0.1, 0.15) is 48.8 Å². The summed E-state index contributed by atoms with van der Waals surface area (Å²) in [6.45, 7) is 8.93. The van der Waals surface area contributed by atoms with Crippen molar-refractivity contribution in [1.82, 2.24) is 4.90 Å². The predicted molar refractivity (Wildman–Crippen MR) is 92.9 cm³/mol. The highest BCUT2D eigenvalue weighted by molar-refractivity contribution is 7.18. The van der Waals surface area contributed by atoms with Crippen molar-refractivity contribution < 1.29 is 14.7 Å². The highest BCUT2D eigenvalue weighted by Crippen LogP contribution is 2.30. The summed E-state index contributed by atoms with van der Waals surface area (Å²) in [5.74, 6) is 0.117. The fraction of sp³-hybridized carbons (Fsp3) is 0.647. The van der Waals surface area contributed by atoms with Crippen LogP contribution in [-0.4, -0.2) is 41.5 Å². The van der Waals surface area contributed by atoms with Gasteiger partial charge in [0, 0.05) is 25.1 Å². The molecule has 1 aromatic heterocycles. The lowest BCUT2D eigenvalue weighted by atomic mass is 9.96. The summed E-state index contributed by atoms with van der Waals surface area (Å²) in [5.41, 5.74) is 0.416. The number of aliphatic hydroxyl groups is 1. The molecule has 2 amide bonds. The van der Waals surface area contributed by atoms with Gasteiger partial charge >= 0.3 is 0 Å². The highest BCUT2D eigenvalue weighted by Gasteiger charge is 2.27. The monoisotopic (exact) mass is 338 g/mol. The van der Waals surface area contributed by atoms with Gasteiger partial charge in [-0.3, -0.25) is 9.59 Å². The van der Waals surface area contributed by atoms with E-state index < -0.39 is 5.41 Å². The number of anilines is 1. The van der Waals surface area contributed by atoms with Gasteiger partial charge in [0.2, 0.25) is 5.91 Å². The van der Waals surface area contributed by atoms with Crippen molar-refractivity contribution in [2.45, 2.75) is 40.5 Å². The van der Waals surface area contributed by atoms with Crippen LogP contribution in [0.5, 0.6) is 0 Å². The summed E-state index contributed by atoms with van der Waals surface area (Å²) in [4.78, 5) is 27.3. The topological polar surface area (TPSA) is 69.6 Å². The molecule has 1 aliphatic rings. The molecule has 0 saturated carbocycles. The highest BCUT2D eigenvalue weighted by atomic mass is 32.1. The fourth-order valence-corrected chi connectivity index (χ4v) is 3.63. The van der Waals surface area contributed by atoms with Crippen molar-refractivity contribution in [2.24, 2.45) is 11.3 Å². The largest absolute Gasteiger partial charge is 0.396 e. The minimum Gasteiger partial charge on any atom is -0.396 e. The Balaban J connectivity index is 2.11. The summed E-state index contributed by atoms with van der Waals surface area (Å²) >= 11 is 1.33. The molecule has 1 atom stereocenters. The molecule has 0 aliphatic carbocycles. The Hall–Kier alpha value is -1.40. The number of rotatable bonds is 3. The number of hydrogen-bond donors (Lipinski definition) is 2. The SMILES string of the molecule is Cc1cc(NC(=O)C(C)(C)C)sc1C(=O)N1CCCC(CO)C1. The number of aryl methyl sites for hydroxylation is 1. The molecule has 2 rings (SSSR count). The van der Waals surface area contributed by atoms with Crippen molar-refractivity contribution in [3.05, 3.63) is 16.5 Å². The molecule has 1 aliphatic heterocycles. The lowest BCUT2D eigenvalue weighted by Gasteiger charge is -2.31. The van der Waals surface area contributed by atoms with Crippen molar-refractivity contribution in [3.8, 4) is 0 Å². The minimum atomic E-state index is -0.469. The number of amides is 2. The van der Waals surface area contributed by atoms with Crippen LogP contribution in [-0.2, 0) is 4.79 Å². The molecule has 1 fully saturated rings. The van der Waals surface area contributed by atoms with E-state index in [9.17, 15) is 14.7 Å². The molecule has 0 aromatic carbocycles. The average molecular weight is 338 g/mol. The third kappa shape index (κ3) is 4.32. The van der Waals surface area contributed by atoms with E-state index in [0.717, 1.165) is 24.9 Å². The molecule has 0 spiro atoms. The second kappa shape index (κ2) is 7.01. The maximum absolute atomic E-state index is 12.7. The standard InChI is InChI=1S/C17H26N2O3S/c1-11-8-13(18-16(22)17(2,3)4)23-14(11)15(21)19-7-5-6-12(9-19)10-20/h8,12,20H,5-7,9-10H2,1-4H3,(H,18,22). The number of piperidine rings is 1. The van der Waals surface area contributed by atoms with Crippen LogP contribution in [0.4, 0.5) is 5.00 Å². The number of thiophene rings is 1. The third-order valence-electron chi connectivity index (χ3n) is 4.09. The molecule has 5 nitrogen and oxygen atoms in total. The molecule has 2 N–H and O–H groups in total. The Labute approximate surface area is 141 Å². The van der Waals surface area contributed by atoms with Gasteiger partial charge in [0.1, 0.15) is 0 Å². The van der Waals surface area contributed by atoms with E-state index in [1.807, 2.05) is 38.7 Å². The Bertz CT molecular complexity index is 589. The lowest BCUT2D eigenvalue weighted by Crippen LogP contribution is -2.40. The number of carbonyl (C=O) groups is 2. The number of carbonyl (C=O) groups excluding carboxylic acids is 2. The van der Waals surface area contributed by atoms with E-state index in [4.69, 9.17) is 0 Å². The summed E-state index contributed by atoms with van der Waals surface area (Å²) in [7, 11) is 0. The van der Waals surface area contributed by atoms with E-state index in [2.05, 4.69) is 5.32 Å². The maximum atomic E-state index is 12.7. The van der Waals surface area contributed by atoms with E-state index >= 15 is 0 Å². The van der Waals surface area contributed by atoms with Crippen molar-refractivity contribution in [3.63, 3.8) is 0 Å². The van der Waals surface area contributed by atoms with E-state index in [-0.39, 0.29) is 24.3 Å². The summed E-state index contributed by atoms with van der Waals surface area (Å²) in [5, 5.41) is 12.9. The van der Waals surface area contributed by atoms with Crippen LogP contribution in [0.15, 0.2) is 6.07 Å². The lowest BCUT2D eigenvalue weighted by molar-refractivity contribution is -0.123. The Morgan fingerprint density at radius 3 is 2.74 bits per heavy atom. The number of aliphatic hydroxyl groups excluding tert-OH is 1. The van der Waals surface area contributed by atoms with Gasteiger partial charge in [-0.25, -0.2) is 0 Å². The van der Waals surface area contributed by atoms with Gasteiger partial charge in [0.25, 0.3) is 5.91 Å². The molecule has 0 bridgehead atoms. The summed E-state index contributed by atoms with van der Waals surface area (Å²) in [6.07, 6.45) is 1.89. The number of nitrogens with one attached hydrogen (secondary N) is 1. The zero-order valence-electron chi connectivity index (χ0n) is 14.3. The van der Waals surface area contributed by atoms with Crippen LogP contribution in [0.25, 0.3) is 0 Å². The first-order chi connectivity index (χ1) is 10.7. The van der Waals surface area contributed by atoms with Crippen LogP contribution in [0, 0.1) is 18.3 Å². The van der Waals surface area contributed by atoms with Gasteiger partial charge in [-0.1, -0.05) is 20.8 Å². The van der Waals surface area contributed by atoms with Crippen molar-refractivity contribution in [1.29, 1.82) is 0 Å². The Morgan fingerprint density at radius 1 is 1.43 bits per heavy atom. The second-order valence-electron chi connectivity index (χ2n) is 7.27. The van der Waals surface area contributed by atoms with Crippen molar-refractivity contribution in [2.75, 3.05) is 25.0 Å². The average Bonchev–Trinajstić information content (AvgIpc) is 2.86. The molecule has 23 heavy (non-hydrogen) atoms. The second-order valence-corrected chi connectivity index (χ2v) is 8.32. The zero-order valence-corrected chi connectivity index (χ0v) is 15.1. The van der Waals surface area contributed by atoms with Crippen LogP contribution >= 0.6 is 11.3 Å².